The van der Waals surface area contributed by atoms with Crippen LogP contribution in [-0.4, -0.2) is 34.2 Å². The molecule has 0 saturated carbocycles. The molecule has 1 amide bonds. The largest absolute Gasteiger partial charge is 0.341 e. The van der Waals surface area contributed by atoms with E-state index in [1.165, 1.54) is 24.4 Å². The van der Waals surface area contributed by atoms with Gasteiger partial charge in [0.05, 0.1) is 0 Å². The first-order valence-corrected chi connectivity index (χ1v) is 8.75. The van der Waals surface area contributed by atoms with Crippen molar-refractivity contribution in [2.75, 3.05) is 13.1 Å². The molecule has 0 fully saturated rings. The topological polar surface area (TPSA) is 59.4 Å². The molecule has 0 aliphatic rings. The van der Waals surface area contributed by atoms with Crippen LogP contribution >= 0.6 is 0 Å². The molecule has 6 heteroatoms. The van der Waals surface area contributed by atoms with Crippen LogP contribution < -0.4 is 5.56 Å². The third-order valence-electron chi connectivity index (χ3n) is 4.22. The predicted octanol–water partition coefficient (Wildman–Crippen LogP) is 3.06. The third-order valence-corrected chi connectivity index (χ3v) is 4.22. The zero-order valence-corrected chi connectivity index (χ0v) is 15.0. The molecule has 0 unspecified atom stereocenters. The van der Waals surface area contributed by atoms with E-state index in [-0.39, 0.29) is 5.56 Å². The Hall–Kier alpha value is -2.76. The van der Waals surface area contributed by atoms with Crippen LogP contribution in [0.5, 0.6) is 0 Å². The highest BCUT2D eigenvalue weighted by atomic mass is 19.1. The number of ketones is 1. The summed E-state index contributed by atoms with van der Waals surface area (Å²) >= 11 is 0. The van der Waals surface area contributed by atoms with Gasteiger partial charge in [0.25, 0.3) is 11.5 Å². The molecule has 0 aliphatic carbocycles. The number of hydrogen-bond donors (Lipinski definition) is 0. The van der Waals surface area contributed by atoms with Crippen molar-refractivity contribution in [3.63, 3.8) is 0 Å². The Labute approximate surface area is 152 Å². The summed E-state index contributed by atoms with van der Waals surface area (Å²) in [7, 11) is 0. The number of unbranched alkanes of at least 4 members (excludes halogenated alkanes) is 1. The molecule has 1 aromatic carbocycles. The third kappa shape index (κ3) is 4.45. The summed E-state index contributed by atoms with van der Waals surface area (Å²) < 4.78 is 14.3. The van der Waals surface area contributed by atoms with E-state index in [9.17, 15) is 18.8 Å². The van der Waals surface area contributed by atoms with Gasteiger partial charge in [0.2, 0.25) is 0 Å². The first-order chi connectivity index (χ1) is 12.5. The molecule has 138 valence electrons. The van der Waals surface area contributed by atoms with Crippen LogP contribution in [0.1, 0.15) is 43.1 Å². The van der Waals surface area contributed by atoms with Crippen LogP contribution in [0.15, 0.2) is 53.5 Å². The number of hydrogen-bond acceptors (Lipinski definition) is 3. The van der Waals surface area contributed by atoms with Gasteiger partial charge in [-0.25, -0.2) is 4.39 Å². The quantitative estimate of drug-likeness (QED) is 0.538. The molecule has 26 heavy (non-hydrogen) atoms. The van der Waals surface area contributed by atoms with E-state index in [2.05, 4.69) is 0 Å². The second-order valence-corrected chi connectivity index (χ2v) is 5.99. The Kier molecular flexibility index (Phi) is 6.83. The maximum atomic E-state index is 13.2. The average molecular weight is 358 g/mol. The van der Waals surface area contributed by atoms with Crippen molar-refractivity contribution in [3.05, 3.63) is 70.4 Å². The van der Waals surface area contributed by atoms with Gasteiger partial charge in [0.15, 0.2) is 11.8 Å². The first-order valence-electron chi connectivity index (χ1n) is 8.75. The molecular formula is C20H23FN2O3. The number of nitrogens with zero attached hydrogens (tertiary/aromatic N) is 2. The summed E-state index contributed by atoms with van der Waals surface area (Å²) in [6.45, 7) is 4.80. The number of likely N-dealkylation sites (N-methyl/N-ethyl adjacent to an activating group) is 1. The molecular weight excluding hydrogens is 335 g/mol. The van der Waals surface area contributed by atoms with Crippen molar-refractivity contribution in [1.29, 1.82) is 0 Å². The highest BCUT2D eigenvalue weighted by molar-refractivity contribution is 6.11. The molecule has 2 rings (SSSR count). The lowest BCUT2D eigenvalue weighted by molar-refractivity contribution is -0.133. The van der Waals surface area contributed by atoms with Gasteiger partial charge >= 0.3 is 0 Å². The minimum atomic E-state index is -1.30. The Bertz CT molecular complexity index is 814. The molecule has 0 spiro atoms. The summed E-state index contributed by atoms with van der Waals surface area (Å²) in [5.41, 5.74) is -0.250. The van der Waals surface area contributed by atoms with E-state index in [1.54, 1.807) is 17.0 Å². The van der Waals surface area contributed by atoms with Crippen LogP contribution in [0.2, 0.25) is 0 Å². The molecule has 2 aromatic rings. The minimum absolute atomic E-state index is 0.187. The lowest BCUT2D eigenvalue weighted by Crippen LogP contribution is -2.44. The van der Waals surface area contributed by atoms with Crippen LogP contribution in [0, 0.1) is 5.82 Å². The number of amides is 1. The molecule has 0 aliphatic heterocycles. The number of pyridine rings is 1. The Morgan fingerprint density at radius 2 is 1.81 bits per heavy atom. The van der Waals surface area contributed by atoms with E-state index in [0.29, 0.717) is 13.1 Å². The number of benzene rings is 1. The number of carbonyl (C=O) groups excluding carboxylic acids is 2. The zero-order valence-electron chi connectivity index (χ0n) is 15.0. The summed E-state index contributed by atoms with van der Waals surface area (Å²) in [6.07, 6.45) is 3.15. The van der Waals surface area contributed by atoms with Gasteiger partial charge < -0.3 is 4.90 Å². The molecule has 1 aromatic heterocycles. The van der Waals surface area contributed by atoms with Crippen molar-refractivity contribution in [2.45, 2.75) is 32.7 Å². The Balaban J connectivity index is 2.47. The van der Waals surface area contributed by atoms with Crippen LogP contribution in [-0.2, 0) is 4.79 Å². The molecule has 1 heterocycles. The number of aromatic nitrogens is 1. The Morgan fingerprint density at radius 3 is 2.38 bits per heavy atom. The van der Waals surface area contributed by atoms with Gasteiger partial charge in [-0.3, -0.25) is 19.0 Å². The van der Waals surface area contributed by atoms with Gasteiger partial charge in [0, 0.05) is 30.9 Å². The van der Waals surface area contributed by atoms with E-state index >= 15 is 0 Å². The minimum Gasteiger partial charge on any atom is -0.341 e. The van der Waals surface area contributed by atoms with Gasteiger partial charge in [-0.15, -0.1) is 0 Å². The average Bonchev–Trinajstić information content (AvgIpc) is 2.64. The first kappa shape index (κ1) is 19.6. The van der Waals surface area contributed by atoms with Crippen molar-refractivity contribution >= 4 is 11.7 Å². The maximum Gasteiger partial charge on any atom is 0.253 e. The number of rotatable bonds is 8. The molecule has 0 saturated heterocycles. The zero-order chi connectivity index (χ0) is 19.1. The molecule has 0 bridgehead atoms. The lowest BCUT2D eigenvalue weighted by Gasteiger charge is -2.26. The fourth-order valence-corrected chi connectivity index (χ4v) is 2.73. The van der Waals surface area contributed by atoms with E-state index in [0.717, 1.165) is 29.5 Å². The predicted molar refractivity (Wildman–Crippen MR) is 97.6 cm³/mol. The number of halogens is 1. The van der Waals surface area contributed by atoms with Crippen LogP contribution in [0.25, 0.3) is 0 Å². The Morgan fingerprint density at radius 1 is 1.12 bits per heavy atom. The summed E-state index contributed by atoms with van der Waals surface area (Å²) in [5.74, 6) is -1.43. The van der Waals surface area contributed by atoms with Crippen molar-refractivity contribution in [2.24, 2.45) is 0 Å². The van der Waals surface area contributed by atoms with E-state index in [1.807, 2.05) is 13.8 Å². The fraction of sp³-hybridized carbons (Fsp3) is 0.350. The highest BCUT2D eigenvalue weighted by Gasteiger charge is 2.32. The monoisotopic (exact) mass is 358 g/mol. The highest BCUT2D eigenvalue weighted by Crippen LogP contribution is 2.17. The van der Waals surface area contributed by atoms with Gasteiger partial charge in [-0.1, -0.05) is 19.4 Å². The van der Waals surface area contributed by atoms with Gasteiger partial charge in [-0.2, -0.15) is 0 Å². The number of carbonyl (C=O) groups is 2. The summed E-state index contributed by atoms with van der Waals surface area (Å²) in [4.78, 5) is 39.9. The standard InChI is InChI=1S/C20H23FN2O3/c1-3-5-13-22(4-2)20(26)18(23-14-7-6-8-17(23)24)19(25)15-9-11-16(21)12-10-15/h6-12,14,18H,3-5,13H2,1-2H3/t18-/m1/s1. The van der Waals surface area contributed by atoms with Crippen molar-refractivity contribution < 1.29 is 14.0 Å². The maximum absolute atomic E-state index is 13.2. The van der Waals surface area contributed by atoms with Crippen molar-refractivity contribution in [1.82, 2.24) is 9.47 Å². The second kappa shape index (κ2) is 9.08. The van der Waals surface area contributed by atoms with Crippen LogP contribution in [0.4, 0.5) is 4.39 Å². The smallest absolute Gasteiger partial charge is 0.253 e. The molecule has 0 N–H and O–H groups in total. The van der Waals surface area contributed by atoms with Gasteiger partial charge in [-0.05, 0) is 43.7 Å². The summed E-state index contributed by atoms with van der Waals surface area (Å²) in [5, 5.41) is 0. The van der Waals surface area contributed by atoms with Gasteiger partial charge in [0.1, 0.15) is 5.82 Å². The molecule has 0 radical (unpaired) electrons. The van der Waals surface area contributed by atoms with E-state index in [4.69, 9.17) is 0 Å². The van der Waals surface area contributed by atoms with E-state index < -0.39 is 29.1 Å². The SMILES string of the molecule is CCCCN(CC)C(=O)[C@@H](C(=O)c1ccc(F)cc1)n1ccccc1=O. The molecule has 1 atom stereocenters. The molecule has 5 nitrogen and oxygen atoms in total. The normalized spacial score (nSPS) is 11.8. The number of Topliss-reactive ketones (excluding diaryl/α,β-unsaturated/α-hetero) is 1. The lowest BCUT2D eigenvalue weighted by atomic mass is 10.0. The van der Waals surface area contributed by atoms with Crippen LogP contribution in [0.3, 0.4) is 0 Å². The second-order valence-electron chi connectivity index (χ2n) is 5.99. The van der Waals surface area contributed by atoms with Crippen molar-refractivity contribution in [3.8, 4) is 0 Å². The fourth-order valence-electron chi connectivity index (χ4n) is 2.73. The summed E-state index contributed by atoms with van der Waals surface area (Å²) in [6, 6.07) is 8.14.